The molecular formula is C10H15N3. The molecule has 1 aromatic rings. The van der Waals surface area contributed by atoms with Crippen LogP contribution in [-0.4, -0.2) is 5.84 Å². The van der Waals surface area contributed by atoms with Crippen LogP contribution in [0.1, 0.15) is 23.6 Å². The van der Waals surface area contributed by atoms with Crippen molar-refractivity contribution in [3.8, 4) is 0 Å². The van der Waals surface area contributed by atoms with Crippen molar-refractivity contribution in [1.82, 2.24) is 0 Å². The SMILES string of the molecule is CCc1cc(C(N)=NN)ccc1C. The zero-order chi connectivity index (χ0) is 9.84. The van der Waals surface area contributed by atoms with E-state index in [2.05, 4.69) is 18.9 Å². The van der Waals surface area contributed by atoms with Gasteiger partial charge >= 0.3 is 0 Å². The Morgan fingerprint density at radius 1 is 1.46 bits per heavy atom. The molecule has 1 rings (SSSR count). The predicted molar refractivity (Wildman–Crippen MR) is 55.5 cm³/mol. The van der Waals surface area contributed by atoms with E-state index >= 15 is 0 Å². The number of hydrogen-bond acceptors (Lipinski definition) is 2. The summed E-state index contributed by atoms with van der Waals surface area (Å²) in [5.41, 5.74) is 9.04. The van der Waals surface area contributed by atoms with Crippen LogP contribution in [0.3, 0.4) is 0 Å². The number of hydrazone groups is 1. The second-order valence-corrected chi connectivity index (χ2v) is 3.01. The zero-order valence-electron chi connectivity index (χ0n) is 8.04. The maximum Gasteiger partial charge on any atom is 0.150 e. The molecule has 0 radical (unpaired) electrons. The Hall–Kier alpha value is -1.51. The molecule has 4 N–H and O–H groups in total. The molecule has 0 heterocycles. The van der Waals surface area contributed by atoms with Crippen molar-refractivity contribution in [2.45, 2.75) is 20.3 Å². The Bertz CT molecular complexity index is 329. The number of amidine groups is 1. The van der Waals surface area contributed by atoms with E-state index < -0.39 is 0 Å². The van der Waals surface area contributed by atoms with E-state index in [1.165, 1.54) is 11.1 Å². The largest absolute Gasteiger partial charge is 0.382 e. The van der Waals surface area contributed by atoms with Gasteiger partial charge in [0.1, 0.15) is 5.84 Å². The first-order valence-electron chi connectivity index (χ1n) is 4.32. The van der Waals surface area contributed by atoms with Crippen molar-refractivity contribution in [3.63, 3.8) is 0 Å². The minimum atomic E-state index is 0.384. The maximum absolute atomic E-state index is 5.59. The number of nitrogens with zero attached hydrogens (tertiary/aromatic N) is 1. The normalized spacial score (nSPS) is 11.7. The van der Waals surface area contributed by atoms with E-state index in [1.54, 1.807) is 0 Å². The van der Waals surface area contributed by atoms with E-state index in [4.69, 9.17) is 11.6 Å². The molecule has 0 saturated heterocycles. The third-order valence-electron chi connectivity index (χ3n) is 2.16. The van der Waals surface area contributed by atoms with Gasteiger partial charge < -0.3 is 11.6 Å². The first-order valence-corrected chi connectivity index (χ1v) is 4.32. The highest BCUT2D eigenvalue weighted by atomic mass is 15.1. The van der Waals surface area contributed by atoms with Crippen molar-refractivity contribution < 1.29 is 0 Å². The van der Waals surface area contributed by atoms with Crippen LogP contribution in [0.15, 0.2) is 23.3 Å². The van der Waals surface area contributed by atoms with Crippen LogP contribution < -0.4 is 11.6 Å². The minimum absolute atomic E-state index is 0.384. The molecule has 0 fully saturated rings. The highest BCUT2D eigenvalue weighted by Crippen LogP contribution is 2.11. The van der Waals surface area contributed by atoms with E-state index in [0.29, 0.717) is 5.84 Å². The second kappa shape index (κ2) is 3.94. The van der Waals surface area contributed by atoms with Gasteiger partial charge in [0, 0.05) is 5.56 Å². The lowest BCUT2D eigenvalue weighted by atomic mass is 10.0. The molecule has 0 amide bonds. The standard InChI is InChI=1S/C10H15N3/c1-3-8-6-9(10(11)13-12)5-4-7(8)2/h4-6H,3,12H2,1-2H3,(H2,11,13). The predicted octanol–water partition coefficient (Wildman–Crippen LogP) is 1.14. The summed E-state index contributed by atoms with van der Waals surface area (Å²) >= 11 is 0. The van der Waals surface area contributed by atoms with E-state index in [9.17, 15) is 0 Å². The molecule has 0 aliphatic rings. The maximum atomic E-state index is 5.59. The molecule has 1 aromatic carbocycles. The summed E-state index contributed by atoms with van der Waals surface area (Å²) < 4.78 is 0. The summed E-state index contributed by atoms with van der Waals surface area (Å²) in [4.78, 5) is 0. The molecule has 0 aliphatic heterocycles. The van der Waals surface area contributed by atoms with E-state index in [0.717, 1.165) is 12.0 Å². The van der Waals surface area contributed by atoms with Gasteiger partial charge in [-0.25, -0.2) is 0 Å². The van der Waals surface area contributed by atoms with Crippen LogP contribution in [0.5, 0.6) is 0 Å². The average molecular weight is 177 g/mol. The van der Waals surface area contributed by atoms with Gasteiger partial charge in [-0.3, -0.25) is 0 Å². The lowest BCUT2D eigenvalue weighted by Crippen LogP contribution is -2.15. The minimum Gasteiger partial charge on any atom is -0.382 e. The summed E-state index contributed by atoms with van der Waals surface area (Å²) in [6.07, 6.45) is 0.998. The van der Waals surface area contributed by atoms with Gasteiger partial charge in [0.15, 0.2) is 0 Å². The first-order chi connectivity index (χ1) is 6.19. The van der Waals surface area contributed by atoms with Crippen LogP contribution in [-0.2, 0) is 6.42 Å². The molecule has 0 aromatic heterocycles. The van der Waals surface area contributed by atoms with Crippen LogP contribution in [0.25, 0.3) is 0 Å². The monoisotopic (exact) mass is 177 g/mol. The zero-order valence-corrected chi connectivity index (χ0v) is 8.04. The van der Waals surface area contributed by atoms with Gasteiger partial charge in [0.25, 0.3) is 0 Å². The topological polar surface area (TPSA) is 64.4 Å². The number of nitrogens with two attached hydrogens (primary N) is 2. The third kappa shape index (κ3) is 1.99. The molecule has 3 nitrogen and oxygen atoms in total. The number of rotatable bonds is 2. The van der Waals surface area contributed by atoms with Gasteiger partial charge in [0.05, 0.1) is 0 Å². The lowest BCUT2D eigenvalue weighted by Gasteiger charge is -2.05. The van der Waals surface area contributed by atoms with Gasteiger partial charge in [-0.05, 0) is 30.5 Å². The van der Waals surface area contributed by atoms with Crippen LogP contribution >= 0.6 is 0 Å². The van der Waals surface area contributed by atoms with Crippen LogP contribution in [0.2, 0.25) is 0 Å². The van der Waals surface area contributed by atoms with Crippen molar-refractivity contribution in [3.05, 3.63) is 34.9 Å². The fourth-order valence-electron chi connectivity index (χ4n) is 1.29. The molecule has 0 unspecified atom stereocenters. The van der Waals surface area contributed by atoms with E-state index in [-0.39, 0.29) is 0 Å². The molecule has 3 heteroatoms. The third-order valence-corrected chi connectivity index (χ3v) is 2.16. The number of aryl methyl sites for hydroxylation is 2. The summed E-state index contributed by atoms with van der Waals surface area (Å²) in [6.45, 7) is 4.19. The fourth-order valence-corrected chi connectivity index (χ4v) is 1.29. The summed E-state index contributed by atoms with van der Waals surface area (Å²) in [5.74, 6) is 5.48. The highest BCUT2D eigenvalue weighted by molar-refractivity contribution is 5.97. The molecule has 0 aliphatic carbocycles. The Morgan fingerprint density at radius 2 is 2.15 bits per heavy atom. The highest BCUT2D eigenvalue weighted by Gasteiger charge is 2.01. The summed E-state index contributed by atoms with van der Waals surface area (Å²) in [7, 11) is 0. The smallest absolute Gasteiger partial charge is 0.150 e. The Morgan fingerprint density at radius 3 is 2.69 bits per heavy atom. The fraction of sp³-hybridized carbons (Fsp3) is 0.300. The molecule has 13 heavy (non-hydrogen) atoms. The molecule has 0 atom stereocenters. The van der Waals surface area contributed by atoms with Gasteiger partial charge in [-0.1, -0.05) is 19.1 Å². The first kappa shape index (κ1) is 9.58. The lowest BCUT2D eigenvalue weighted by molar-refractivity contribution is 1.10. The summed E-state index contributed by atoms with van der Waals surface area (Å²) in [6, 6.07) is 5.99. The van der Waals surface area contributed by atoms with E-state index in [1.807, 2.05) is 18.2 Å². The van der Waals surface area contributed by atoms with Crippen molar-refractivity contribution >= 4 is 5.84 Å². The van der Waals surface area contributed by atoms with Gasteiger partial charge in [-0.15, -0.1) is 0 Å². The Labute approximate surface area is 78.4 Å². The Balaban J connectivity index is 3.13. The molecule has 0 spiro atoms. The Kier molecular flexibility index (Phi) is 2.90. The molecule has 70 valence electrons. The van der Waals surface area contributed by atoms with Crippen molar-refractivity contribution in [2.75, 3.05) is 0 Å². The summed E-state index contributed by atoms with van der Waals surface area (Å²) in [5, 5.41) is 3.46. The van der Waals surface area contributed by atoms with Gasteiger partial charge in [0.2, 0.25) is 0 Å². The van der Waals surface area contributed by atoms with Crippen molar-refractivity contribution in [2.24, 2.45) is 16.7 Å². The van der Waals surface area contributed by atoms with Crippen LogP contribution in [0, 0.1) is 6.92 Å². The average Bonchev–Trinajstić information content (AvgIpc) is 2.17. The molecule has 0 saturated carbocycles. The van der Waals surface area contributed by atoms with Crippen molar-refractivity contribution in [1.29, 1.82) is 0 Å². The molecule has 0 bridgehead atoms. The quantitative estimate of drug-likeness (QED) is 0.308. The number of hydrogen-bond donors (Lipinski definition) is 2. The molecular weight excluding hydrogens is 162 g/mol. The number of benzene rings is 1. The second-order valence-electron chi connectivity index (χ2n) is 3.01. The van der Waals surface area contributed by atoms with Gasteiger partial charge in [-0.2, -0.15) is 5.10 Å². The van der Waals surface area contributed by atoms with Crippen LogP contribution in [0.4, 0.5) is 0 Å².